The van der Waals surface area contributed by atoms with Crippen LogP contribution in [-0.4, -0.2) is 5.75 Å². The van der Waals surface area contributed by atoms with Crippen molar-refractivity contribution in [3.63, 3.8) is 0 Å². The van der Waals surface area contributed by atoms with Crippen LogP contribution in [0.4, 0.5) is 4.39 Å². The molecule has 0 aliphatic carbocycles. The summed E-state index contributed by atoms with van der Waals surface area (Å²) in [7, 11) is 0. The van der Waals surface area contributed by atoms with E-state index in [0.717, 1.165) is 29.1 Å². The van der Waals surface area contributed by atoms with Gasteiger partial charge >= 0.3 is 0 Å². The first-order chi connectivity index (χ1) is 7.27. The Morgan fingerprint density at radius 3 is 2.73 bits per heavy atom. The zero-order chi connectivity index (χ0) is 11.1. The Kier molecular flexibility index (Phi) is 5.03. The van der Waals surface area contributed by atoms with Gasteiger partial charge in [0.05, 0.1) is 5.25 Å². The Labute approximate surface area is 96.1 Å². The molecule has 0 N–H and O–H groups in total. The standard InChI is InChI=1S/C10H7FN2S2/c11-9-3-1-2-8(4-9)10(15-7-13)5-14-6-12/h1-4,10H,5H2. The smallest absolute Gasteiger partial charge is 0.134 e. The minimum absolute atomic E-state index is 0.157. The van der Waals surface area contributed by atoms with Crippen molar-refractivity contribution >= 4 is 23.5 Å². The zero-order valence-corrected chi connectivity index (χ0v) is 9.32. The van der Waals surface area contributed by atoms with Gasteiger partial charge in [0, 0.05) is 5.75 Å². The summed E-state index contributed by atoms with van der Waals surface area (Å²) in [6.07, 6.45) is 0. The lowest BCUT2D eigenvalue weighted by molar-refractivity contribution is 0.625. The van der Waals surface area contributed by atoms with E-state index in [2.05, 4.69) is 0 Å². The molecule has 0 bridgehead atoms. The summed E-state index contributed by atoms with van der Waals surface area (Å²) in [5.74, 6) is 0.163. The fraction of sp³-hybridized carbons (Fsp3) is 0.200. The topological polar surface area (TPSA) is 47.6 Å². The molecule has 0 aromatic heterocycles. The van der Waals surface area contributed by atoms with Gasteiger partial charge in [-0.3, -0.25) is 0 Å². The van der Waals surface area contributed by atoms with Crippen molar-refractivity contribution in [3.8, 4) is 10.8 Å². The highest BCUT2D eigenvalue weighted by Crippen LogP contribution is 2.31. The number of nitriles is 2. The molecule has 0 amide bonds. The van der Waals surface area contributed by atoms with Crippen LogP contribution >= 0.6 is 23.5 Å². The van der Waals surface area contributed by atoms with Gasteiger partial charge in [-0.15, -0.1) is 0 Å². The quantitative estimate of drug-likeness (QED) is 0.755. The first-order valence-corrected chi connectivity index (χ1v) is 5.95. The second-order valence-corrected chi connectivity index (χ2v) is 4.45. The van der Waals surface area contributed by atoms with Crippen molar-refractivity contribution in [1.82, 2.24) is 0 Å². The van der Waals surface area contributed by atoms with E-state index >= 15 is 0 Å². The van der Waals surface area contributed by atoms with Crippen LogP contribution in [0.5, 0.6) is 0 Å². The van der Waals surface area contributed by atoms with Gasteiger partial charge in [-0.05, 0) is 41.2 Å². The fourth-order valence-corrected chi connectivity index (χ4v) is 2.39. The van der Waals surface area contributed by atoms with E-state index in [9.17, 15) is 4.39 Å². The highest BCUT2D eigenvalue weighted by Gasteiger charge is 2.12. The predicted molar refractivity (Wildman–Crippen MR) is 60.4 cm³/mol. The fourth-order valence-electron chi connectivity index (χ4n) is 1.08. The normalized spacial score (nSPS) is 11.4. The third-order valence-electron chi connectivity index (χ3n) is 1.71. The second-order valence-electron chi connectivity index (χ2n) is 2.66. The Morgan fingerprint density at radius 2 is 2.13 bits per heavy atom. The molecule has 1 unspecified atom stereocenters. The molecule has 1 rings (SSSR count). The molecule has 0 fully saturated rings. The number of nitrogens with zero attached hydrogens (tertiary/aromatic N) is 2. The number of hydrogen-bond donors (Lipinski definition) is 0. The predicted octanol–water partition coefficient (Wildman–Crippen LogP) is 3.30. The molecule has 1 atom stereocenters. The molecule has 0 spiro atoms. The zero-order valence-electron chi connectivity index (χ0n) is 7.68. The molecule has 0 radical (unpaired) electrons. The van der Waals surface area contributed by atoms with Gasteiger partial charge < -0.3 is 0 Å². The van der Waals surface area contributed by atoms with Crippen LogP contribution in [0.15, 0.2) is 24.3 Å². The van der Waals surface area contributed by atoms with Crippen molar-refractivity contribution in [2.75, 3.05) is 5.75 Å². The number of hydrogen-bond acceptors (Lipinski definition) is 4. The minimum atomic E-state index is -0.321. The summed E-state index contributed by atoms with van der Waals surface area (Å²) in [5, 5.41) is 20.8. The molecule has 1 aromatic carbocycles. The van der Waals surface area contributed by atoms with E-state index in [4.69, 9.17) is 10.5 Å². The summed E-state index contributed by atoms with van der Waals surface area (Å²) in [6, 6.07) is 6.12. The van der Waals surface area contributed by atoms with Crippen LogP contribution in [0, 0.1) is 27.1 Å². The minimum Gasteiger partial charge on any atom is -0.207 e. The van der Waals surface area contributed by atoms with Crippen LogP contribution in [0.25, 0.3) is 0 Å². The van der Waals surface area contributed by atoms with Gasteiger partial charge in [-0.1, -0.05) is 12.1 Å². The summed E-state index contributed by atoms with van der Waals surface area (Å²) in [5.41, 5.74) is 0.740. The molecule has 0 saturated heterocycles. The van der Waals surface area contributed by atoms with Crippen molar-refractivity contribution in [2.45, 2.75) is 5.25 Å². The third kappa shape index (κ3) is 3.83. The number of rotatable bonds is 4. The molecule has 76 valence electrons. The molecule has 5 heteroatoms. The van der Waals surface area contributed by atoms with E-state index in [1.54, 1.807) is 12.1 Å². The van der Waals surface area contributed by atoms with Crippen molar-refractivity contribution in [1.29, 1.82) is 10.5 Å². The largest absolute Gasteiger partial charge is 0.207 e. The Morgan fingerprint density at radius 1 is 1.33 bits per heavy atom. The van der Waals surface area contributed by atoms with Crippen LogP contribution < -0.4 is 0 Å². The molecule has 1 aromatic rings. The molecule has 0 aliphatic heterocycles. The average Bonchev–Trinajstić information content (AvgIpc) is 2.24. The lowest BCUT2D eigenvalue weighted by atomic mass is 10.2. The third-order valence-corrected chi connectivity index (χ3v) is 3.38. The van der Waals surface area contributed by atoms with Gasteiger partial charge in [-0.2, -0.15) is 10.5 Å². The Bertz CT molecular complexity index is 409. The Balaban J connectivity index is 2.80. The van der Waals surface area contributed by atoms with Crippen LogP contribution in [0.1, 0.15) is 10.8 Å². The second kappa shape index (κ2) is 6.34. The highest BCUT2D eigenvalue weighted by molar-refractivity contribution is 8.07. The van der Waals surface area contributed by atoms with Gasteiger partial charge in [0.1, 0.15) is 16.6 Å². The number of benzene rings is 1. The van der Waals surface area contributed by atoms with E-state index in [-0.39, 0.29) is 11.1 Å². The van der Waals surface area contributed by atoms with Crippen LogP contribution in [0.2, 0.25) is 0 Å². The lowest BCUT2D eigenvalue weighted by Crippen LogP contribution is -1.96. The number of thiocyanates is 2. The summed E-state index contributed by atoms with van der Waals surface area (Å²) < 4.78 is 12.9. The summed E-state index contributed by atoms with van der Waals surface area (Å²) in [4.78, 5) is 0. The van der Waals surface area contributed by atoms with Gasteiger partial charge in [-0.25, -0.2) is 4.39 Å². The number of halogens is 1. The van der Waals surface area contributed by atoms with E-state index in [1.807, 2.05) is 10.8 Å². The highest BCUT2D eigenvalue weighted by atomic mass is 32.2. The SMILES string of the molecule is N#CSCC(SC#N)c1cccc(F)c1. The van der Waals surface area contributed by atoms with Crippen LogP contribution in [-0.2, 0) is 0 Å². The monoisotopic (exact) mass is 238 g/mol. The van der Waals surface area contributed by atoms with E-state index in [1.165, 1.54) is 12.1 Å². The van der Waals surface area contributed by atoms with Crippen molar-refractivity contribution < 1.29 is 4.39 Å². The maximum Gasteiger partial charge on any atom is 0.134 e. The molecule has 15 heavy (non-hydrogen) atoms. The van der Waals surface area contributed by atoms with Gasteiger partial charge in [0.15, 0.2) is 0 Å². The van der Waals surface area contributed by atoms with E-state index in [0.29, 0.717) is 5.75 Å². The average molecular weight is 238 g/mol. The number of thioether (sulfide) groups is 2. The summed E-state index contributed by atoms with van der Waals surface area (Å²) >= 11 is 2.11. The maximum absolute atomic E-state index is 12.9. The molecular formula is C10H7FN2S2. The first kappa shape index (κ1) is 11.9. The molecule has 0 saturated carbocycles. The van der Waals surface area contributed by atoms with E-state index < -0.39 is 0 Å². The molecule has 0 aliphatic rings. The van der Waals surface area contributed by atoms with Crippen LogP contribution in [0.3, 0.4) is 0 Å². The van der Waals surface area contributed by atoms with Gasteiger partial charge in [0.2, 0.25) is 0 Å². The Hall–Kier alpha value is -1.17. The van der Waals surface area contributed by atoms with Crippen molar-refractivity contribution in [3.05, 3.63) is 35.6 Å². The first-order valence-electron chi connectivity index (χ1n) is 4.09. The molecule has 0 heterocycles. The van der Waals surface area contributed by atoms with Crippen molar-refractivity contribution in [2.24, 2.45) is 0 Å². The maximum atomic E-state index is 12.9. The lowest BCUT2D eigenvalue weighted by Gasteiger charge is -2.10. The molecule has 2 nitrogen and oxygen atoms in total. The molecular weight excluding hydrogens is 231 g/mol. The van der Waals surface area contributed by atoms with Gasteiger partial charge in [0.25, 0.3) is 0 Å². The summed E-state index contributed by atoms with van der Waals surface area (Å²) in [6.45, 7) is 0.